The van der Waals surface area contributed by atoms with E-state index < -0.39 is 0 Å². The fraction of sp³-hybridized carbons (Fsp3) is 0.409. The van der Waals surface area contributed by atoms with Crippen molar-refractivity contribution in [3.05, 3.63) is 46.5 Å². The first-order valence-corrected chi connectivity index (χ1v) is 10.1. The zero-order valence-electron chi connectivity index (χ0n) is 18.6. The molecule has 172 valence electrons. The monoisotopic (exact) mass is 563 g/mol. The minimum atomic E-state index is 0. The van der Waals surface area contributed by atoms with Gasteiger partial charge in [-0.1, -0.05) is 17.7 Å². The highest BCUT2D eigenvalue weighted by Crippen LogP contribution is 2.39. The summed E-state index contributed by atoms with van der Waals surface area (Å²) >= 11 is 6.32. The third-order valence-electron chi connectivity index (χ3n) is 4.48. The molecule has 0 spiro atoms. The van der Waals surface area contributed by atoms with Crippen molar-refractivity contribution in [2.75, 3.05) is 41.5 Å². The van der Waals surface area contributed by atoms with E-state index in [1.165, 1.54) is 0 Å². The van der Waals surface area contributed by atoms with Crippen LogP contribution in [0.4, 0.5) is 0 Å². The summed E-state index contributed by atoms with van der Waals surface area (Å²) in [5, 5.41) is 7.27. The second kappa shape index (κ2) is 14.1. The minimum Gasteiger partial charge on any atom is -0.497 e. The van der Waals surface area contributed by atoms with E-state index in [2.05, 4.69) is 15.6 Å². The summed E-state index contributed by atoms with van der Waals surface area (Å²) in [5.41, 5.74) is 1.94. The maximum atomic E-state index is 6.32. The Morgan fingerprint density at radius 3 is 2.19 bits per heavy atom. The standard InChI is InChI=1S/C22H30ClN3O4.HI/c1-6-24-22(25-12-11-15-7-9-17(27-2)13-18(15)23)26-14-16-8-10-19(28-3)21(30-5)20(16)29-4;/h7-10,13H,6,11-12,14H2,1-5H3,(H2,24,25,26);1H. The van der Waals surface area contributed by atoms with Crippen LogP contribution in [0.2, 0.25) is 5.02 Å². The van der Waals surface area contributed by atoms with E-state index in [-0.39, 0.29) is 24.0 Å². The summed E-state index contributed by atoms with van der Waals surface area (Å²) < 4.78 is 21.5. The van der Waals surface area contributed by atoms with E-state index in [9.17, 15) is 0 Å². The molecule has 0 radical (unpaired) electrons. The quantitative estimate of drug-likeness (QED) is 0.255. The fourth-order valence-corrected chi connectivity index (χ4v) is 3.23. The fourth-order valence-electron chi connectivity index (χ4n) is 2.97. The number of aliphatic imine (C=N–C) groups is 1. The Bertz CT molecular complexity index is 865. The van der Waals surface area contributed by atoms with Gasteiger partial charge in [0.15, 0.2) is 17.5 Å². The summed E-state index contributed by atoms with van der Waals surface area (Å²) in [7, 11) is 6.41. The number of rotatable bonds is 10. The SMILES string of the molecule is CCNC(=NCc1ccc(OC)c(OC)c1OC)NCCc1ccc(OC)cc1Cl.I. The molecule has 0 aliphatic heterocycles. The first kappa shape index (κ1) is 27.0. The minimum absolute atomic E-state index is 0. The van der Waals surface area contributed by atoms with Gasteiger partial charge in [-0.3, -0.25) is 0 Å². The Morgan fingerprint density at radius 1 is 0.903 bits per heavy atom. The molecule has 2 aromatic carbocycles. The average molecular weight is 564 g/mol. The lowest BCUT2D eigenvalue weighted by atomic mass is 10.1. The molecule has 0 aromatic heterocycles. The van der Waals surface area contributed by atoms with Gasteiger partial charge >= 0.3 is 0 Å². The highest BCUT2D eigenvalue weighted by molar-refractivity contribution is 14.0. The van der Waals surface area contributed by atoms with Crippen LogP contribution in [0.15, 0.2) is 35.3 Å². The van der Waals surface area contributed by atoms with Gasteiger partial charge in [0.1, 0.15) is 5.75 Å². The number of ether oxygens (including phenoxy) is 4. The maximum absolute atomic E-state index is 6.32. The number of hydrogen-bond donors (Lipinski definition) is 2. The predicted octanol–water partition coefficient (Wildman–Crippen LogP) is 4.29. The Kier molecular flexibility index (Phi) is 12.2. The van der Waals surface area contributed by atoms with Crippen molar-refractivity contribution >= 4 is 41.5 Å². The predicted molar refractivity (Wildman–Crippen MR) is 136 cm³/mol. The van der Waals surface area contributed by atoms with Crippen molar-refractivity contribution in [3.8, 4) is 23.0 Å². The molecule has 0 fully saturated rings. The van der Waals surface area contributed by atoms with Crippen LogP contribution >= 0.6 is 35.6 Å². The number of benzene rings is 2. The molecule has 2 N–H and O–H groups in total. The normalized spacial score (nSPS) is 10.7. The molecule has 0 heterocycles. The Hall–Kier alpha value is -2.07. The van der Waals surface area contributed by atoms with Gasteiger partial charge in [0, 0.05) is 23.7 Å². The molecule has 2 aromatic rings. The molecule has 0 saturated carbocycles. The molecular formula is C22H31ClIN3O4. The molecule has 0 atom stereocenters. The average Bonchev–Trinajstić information content (AvgIpc) is 2.77. The number of nitrogens with one attached hydrogen (secondary N) is 2. The van der Waals surface area contributed by atoms with E-state index in [1.807, 2.05) is 37.3 Å². The van der Waals surface area contributed by atoms with Gasteiger partial charge in [-0.15, -0.1) is 24.0 Å². The maximum Gasteiger partial charge on any atom is 0.203 e. The number of halogens is 2. The zero-order chi connectivity index (χ0) is 21.9. The summed E-state index contributed by atoms with van der Waals surface area (Å²) in [4.78, 5) is 4.67. The van der Waals surface area contributed by atoms with Crippen LogP contribution in [0.3, 0.4) is 0 Å². The summed E-state index contributed by atoms with van der Waals surface area (Å²) in [6.07, 6.45) is 0.757. The third kappa shape index (κ3) is 7.53. The Balaban J connectivity index is 0.00000480. The molecule has 0 bridgehead atoms. The summed E-state index contributed by atoms with van der Waals surface area (Å²) in [5.74, 6) is 3.24. The van der Waals surface area contributed by atoms with E-state index in [0.29, 0.717) is 41.3 Å². The van der Waals surface area contributed by atoms with E-state index in [1.54, 1.807) is 28.4 Å². The lowest BCUT2D eigenvalue weighted by molar-refractivity contribution is 0.322. The largest absolute Gasteiger partial charge is 0.497 e. The molecule has 0 saturated heterocycles. The highest BCUT2D eigenvalue weighted by Gasteiger charge is 2.15. The van der Waals surface area contributed by atoms with Crippen molar-refractivity contribution in [1.82, 2.24) is 10.6 Å². The molecule has 0 unspecified atom stereocenters. The first-order valence-electron chi connectivity index (χ1n) is 9.70. The van der Waals surface area contributed by atoms with Crippen LogP contribution in [-0.4, -0.2) is 47.5 Å². The molecule has 31 heavy (non-hydrogen) atoms. The lowest BCUT2D eigenvalue weighted by Gasteiger charge is -2.16. The number of hydrogen-bond acceptors (Lipinski definition) is 5. The van der Waals surface area contributed by atoms with Crippen molar-refractivity contribution < 1.29 is 18.9 Å². The van der Waals surface area contributed by atoms with Gasteiger partial charge < -0.3 is 29.6 Å². The van der Waals surface area contributed by atoms with Gasteiger partial charge in [-0.05, 0) is 43.2 Å². The second-order valence-corrected chi connectivity index (χ2v) is 6.73. The van der Waals surface area contributed by atoms with Crippen molar-refractivity contribution in [2.24, 2.45) is 4.99 Å². The van der Waals surface area contributed by atoms with Gasteiger partial charge in [-0.25, -0.2) is 4.99 Å². The van der Waals surface area contributed by atoms with Crippen molar-refractivity contribution in [3.63, 3.8) is 0 Å². The molecule has 9 heteroatoms. The Labute approximate surface area is 206 Å². The third-order valence-corrected chi connectivity index (χ3v) is 4.84. The van der Waals surface area contributed by atoms with E-state index in [0.717, 1.165) is 29.8 Å². The van der Waals surface area contributed by atoms with Crippen LogP contribution < -0.4 is 29.6 Å². The lowest BCUT2D eigenvalue weighted by Crippen LogP contribution is -2.38. The van der Waals surface area contributed by atoms with Crippen LogP contribution in [-0.2, 0) is 13.0 Å². The second-order valence-electron chi connectivity index (χ2n) is 6.32. The molecule has 0 aliphatic carbocycles. The van der Waals surface area contributed by atoms with Gasteiger partial charge in [0.2, 0.25) is 5.75 Å². The van der Waals surface area contributed by atoms with Crippen molar-refractivity contribution in [2.45, 2.75) is 19.9 Å². The zero-order valence-corrected chi connectivity index (χ0v) is 21.7. The molecule has 7 nitrogen and oxygen atoms in total. The molecule has 0 amide bonds. The van der Waals surface area contributed by atoms with E-state index in [4.69, 9.17) is 30.5 Å². The number of nitrogens with zero attached hydrogens (tertiary/aromatic N) is 1. The summed E-state index contributed by atoms with van der Waals surface area (Å²) in [6, 6.07) is 9.47. The molecule has 2 rings (SSSR count). The van der Waals surface area contributed by atoms with Crippen LogP contribution in [0.25, 0.3) is 0 Å². The number of guanidine groups is 1. The van der Waals surface area contributed by atoms with Crippen LogP contribution in [0, 0.1) is 0 Å². The van der Waals surface area contributed by atoms with Crippen molar-refractivity contribution in [1.29, 1.82) is 0 Å². The van der Waals surface area contributed by atoms with E-state index >= 15 is 0 Å². The highest BCUT2D eigenvalue weighted by atomic mass is 127. The van der Waals surface area contributed by atoms with Crippen LogP contribution in [0.5, 0.6) is 23.0 Å². The van der Waals surface area contributed by atoms with Gasteiger partial charge in [0.25, 0.3) is 0 Å². The molecular weight excluding hydrogens is 533 g/mol. The van der Waals surface area contributed by atoms with Crippen LogP contribution in [0.1, 0.15) is 18.1 Å². The van der Waals surface area contributed by atoms with Gasteiger partial charge in [-0.2, -0.15) is 0 Å². The Morgan fingerprint density at radius 2 is 1.61 bits per heavy atom. The topological polar surface area (TPSA) is 73.3 Å². The smallest absolute Gasteiger partial charge is 0.203 e. The molecule has 0 aliphatic rings. The first-order chi connectivity index (χ1) is 14.6. The van der Waals surface area contributed by atoms with Gasteiger partial charge in [0.05, 0.1) is 35.0 Å². The summed E-state index contributed by atoms with van der Waals surface area (Å²) in [6.45, 7) is 3.87. The number of methoxy groups -OCH3 is 4.